The average molecular weight is 267 g/mol. The zero-order chi connectivity index (χ0) is 13.1. The van der Waals surface area contributed by atoms with Gasteiger partial charge in [-0.25, -0.2) is 15.0 Å². The molecule has 0 aliphatic carbocycles. The van der Waals surface area contributed by atoms with Crippen LogP contribution in [0.5, 0.6) is 0 Å². The number of nitrogens with zero attached hydrogens (tertiary/aromatic N) is 3. The van der Waals surface area contributed by atoms with Crippen LogP contribution >= 0.6 is 11.8 Å². The fraction of sp³-hybridized carbons (Fsp3) is 0.583. The number of carbonyl (C=O) groups excluding carboxylic acids is 1. The van der Waals surface area contributed by atoms with Crippen LogP contribution in [0.4, 0.5) is 0 Å². The second kappa shape index (κ2) is 5.67. The number of hydrogen-bond acceptors (Lipinski definition) is 5. The van der Waals surface area contributed by atoms with Gasteiger partial charge in [0, 0.05) is 6.54 Å². The molecule has 18 heavy (non-hydrogen) atoms. The minimum absolute atomic E-state index is 0.128. The van der Waals surface area contributed by atoms with E-state index in [0.717, 1.165) is 17.9 Å². The van der Waals surface area contributed by atoms with Crippen molar-refractivity contribution in [3.63, 3.8) is 0 Å². The van der Waals surface area contributed by atoms with E-state index >= 15 is 0 Å². The first-order chi connectivity index (χ1) is 8.63. The summed E-state index contributed by atoms with van der Waals surface area (Å²) in [6, 6.07) is 0. The van der Waals surface area contributed by atoms with Gasteiger partial charge >= 0.3 is 0 Å². The van der Waals surface area contributed by atoms with Crippen molar-refractivity contribution in [2.24, 2.45) is 0 Å². The summed E-state index contributed by atoms with van der Waals surface area (Å²) in [5.74, 6) is 0.560. The molecule has 2 heterocycles. The van der Waals surface area contributed by atoms with Gasteiger partial charge in [-0.15, -0.1) is 11.8 Å². The molecule has 0 N–H and O–H groups in total. The van der Waals surface area contributed by atoms with Crippen LogP contribution in [0, 0.1) is 13.8 Å². The molecule has 1 amide bonds. The maximum atomic E-state index is 12.4. The third-order valence-corrected chi connectivity index (χ3v) is 3.49. The summed E-state index contributed by atoms with van der Waals surface area (Å²) in [6.45, 7) is 4.91. The van der Waals surface area contributed by atoms with E-state index in [0.29, 0.717) is 30.2 Å². The van der Waals surface area contributed by atoms with Crippen LogP contribution in [0.2, 0.25) is 0 Å². The van der Waals surface area contributed by atoms with E-state index in [2.05, 4.69) is 9.97 Å². The van der Waals surface area contributed by atoms with Crippen molar-refractivity contribution in [3.05, 3.63) is 17.1 Å². The highest BCUT2D eigenvalue weighted by molar-refractivity contribution is 7.98. The molecule has 1 aliphatic heterocycles. The summed E-state index contributed by atoms with van der Waals surface area (Å²) >= 11 is 1.46. The van der Waals surface area contributed by atoms with Crippen LogP contribution in [0.15, 0.2) is 5.03 Å². The third-order valence-electron chi connectivity index (χ3n) is 2.80. The number of amides is 1. The van der Waals surface area contributed by atoms with E-state index in [1.807, 2.05) is 20.1 Å². The molecule has 0 spiro atoms. The number of hydrogen-bond donors (Lipinski definition) is 0. The molecule has 0 saturated carbocycles. The summed E-state index contributed by atoms with van der Waals surface area (Å²) in [7, 11) is 0. The van der Waals surface area contributed by atoms with Crippen LogP contribution in [0.25, 0.3) is 0 Å². The molecule has 98 valence electrons. The third kappa shape index (κ3) is 2.64. The zero-order valence-electron chi connectivity index (χ0n) is 10.9. The van der Waals surface area contributed by atoms with Crippen molar-refractivity contribution >= 4 is 17.7 Å². The Morgan fingerprint density at radius 3 is 2.72 bits per heavy atom. The van der Waals surface area contributed by atoms with Gasteiger partial charge in [0.2, 0.25) is 0 Å². The number of rotatable bonds is 2. The van der Waals surface area contributed by atoms with Crippen LogP contribution in [0.3, 0.4) is 0 Å². The molecule has 6 heteroatoms. The molecule has 1 saturated heterocycles. The van der Waals surface area contributed by atoms with E-state index in [1.165, 1.54) is 16.8 Å². The van der Waals surface area contributed by atoms with Crippen LogP contribution in [-0.4, -0.2) is 40.3 Å². The Labute approximate surface area is 111 Å². The molecule has 1 aromatic heterocycles. The Morgan fingerprint density at radius 2 is 2.11 bits per heavy atom. The monoisotopic (exact) mass is 267 g/mol. The van der Waals surface area contributed by atoms with Crippen molar-refractivity contribution < 1.29 is 9.63 Å². The van der Waals surface area contributed by atoms with Gasteiger partial charge in [-0.2, -0.15) is 0 Å². The predicted molar refractivity (Wildman–Crippen MR) is 69.5 cm³/mol. The first-order valence-corrected chi connectivity index (χ1v) is 7.20. The topological polar surface area (TPSA) is 55.3 Å². The molecule has 5 nitrogen and oxygen atoms in total. The lowest BCUT2D eigenvalue weighted by Gasteiger charge is -2.26. The fourth-order valence-corrected chi connectivity index (χ4v) is 2.62. The molecule has 0 radical (unpaired) electrons. The van der Waals surface area contributed by atoms with E-state index in [1.54, 1.807) is 0 Å². The van der Waals surface area contributed by atoms with E-state index in [4.69, 9.17) is 4.84 Å². The van der Waals surface area contributed by atoms with Crippen molar-refractivity contribution in [3.8, 4) is 0 Å². The standard InChI is InChI=1S/C12H17N3O2S/c1-8-10(11(18-3)14-9(2)13-8)12(16)15-6-4-5-7-17-15/h4-7H2,1-3H3. The second-order valence-electron chi connectivity index (χ2n) is 4.19. The molecule has 0 unspecified atom stereocenters. The van der Waals surface area contributed by atoms with Gasteiger partial charge in [0.1, 0.15) is 10.9 Å². The Morgan fingerprint density at radius 1 is 1.33 bits per heavy atom. The average Bonchev–Trinajstić information content (AvgIpc) is 2.38. The quantitative estimate of drug-likeness (QED) is 0.606. The highest BCUT2D eigenvalue weighted by atomic mass is 32.2. The Balaban J connectivity index is 2.34. The number of hydroxylamine groups is 2. The van der Waals surface area contributed by atoms with E-state index in [9.17, 15) is 4.79 Å². The maximum absolute atomic E-state index is 12.4. The molecule has 0 aromatic carbocycles. The van der Waals surface area contributed by atoms with Gasteiger partial charge in [0.25, 0.3) is 5.91 Å². The highest BCUT2D eigenvalue weighted by Crippen LogP contribution is 2.23. The maximum Gasteiger partial charge on any atom is 0.282 e. The lowest BCUT2D eigenvalue weighted by molar-refractivity contribution is -0.144. The smallest absolute Gasteiger partial charge is 0.271 e. The minimum Gasteiger partial charge on any atom is -0.271 e. The van der Waals surface area contributed by atoms with Crippen LogP contribution in [0.1, 0.15) is 34.7 Å². The van der Waals surface area contributed by atoms with Crippen LogP contribution in [-0.2, 0) is 4.84 Å². The van der Waals surface area contributed by atoms with Gasteiger partial charge in [-0.05, 0) is 32.9 Å². The summed E-state index contributed by atoms with van der Waals surface area (Å²) in [5.41, 5.74) is 1.28. The van der Waals surface area contributed by atoms with Gasteiger partial charge in [-0.3, -0.25) is 9.63 Å². The summed E-state index contributed by atoms with van der Waals surface area (Å²) in [4.78, 5) is 26.4. The van der Waals surface area contributed by atoms with E-state index < -0.39 is 0 Å². The number of aryl methyl sites for hydroxylation is 2. The molecule has 1 fully saturated rings. The Kier molecular flexibility index (Phi) is 4.19. The molecule has 1 aliphatic rings. The van der Waals surface area contributed by atoms with Gasteiger partial charge in [0.05, 0.1) is 17.9 Å². The van der Waals surface area contributed by atoms with Gasteiger partial charge < -0.3 is 0 Å². The van der Waals surface area contributed by atoms with Gasteiger partial charge in [0.15, 0.2) is 0 Å². The molecular formula is C12H17N3O2S. The second-order valence-corrected chi connectivity index (χ2v) is 4.98. The summed E-state index contributed by atoms with van der Waals surface area (Å²) in [5, 5.41) is 2.16. The Hall–Kier alpha value is -1.14. The molecule has 1 aromatic rings. The largest absolute Gasteiger partial charge is 0.282 e. The lowest BCUT2D eigenvalue weighted by Crippen LogP contribution is -2.36. The predicted octanol–water partition coefficient (Wildman–Crippen LogP) is 1.98. The number of thioether (sulfide) groups is 1. The number of carbonyl (C=O) groups is 1. The summed E-state index contributed by atoms with van der Waals surface area (Å²) < 4.78 is 0. The normalized spacial score (nSPS) is 15.8. The molecule has 0 atom stereocenters. The highest BCUT2D eigenvalue weighted by Gasteiger charge is 2.25. The summed E-state index contributed by atoms with van der Waals surface area (Å²) in [6.07, 6.45) is 3.89. The first kappa shape index (κ1) is 13.3. The van der Waals surface area contributed by atoms with Crippen molar-refractivity contribution in [2.45, 2.75) is 31.7 Å². The number of aromatic nitrogens is 2. The first-order valence-electron chi connectivity index (χ1n) is 5.97. The SMILES string of the molecule is CSc1nc(C)nc(C)c1C(=O)N1CCCCO1. The zero-order valence-corrected chi connectivity index (χ0v) is 11.7. The Bertz CT molecular complexity index is 459. The van der Waals surface area contributed by atoms with Crippen molar-refractivity contribution in [2.75, 3.05) is 19.4 Å². The molecule has 0 bridgehead atoms. The minimum atomic E-state index is -0.128. The van der Waals surface area contributed by atoms with Crippen LogP contribution < -0.4 is 0 Å². The van der Waals surface area contributed by atoms with E-state index in [-0.39, 0.29) is 5.91 Å². The molecular weight excluding hydrogens is 250 g/mol. The lowest BCUT2D eigenvalue weighted by atomic mass is 10.2. The molecule has 2 rings (SSSR count). The van der Waals surface area contributed by atoms with Gasteiger partial charge in [-0.1, -0.05) is 0 Å². The van der Waals surface area contributed by atoms with Crippen molar-refractivity contribution in [1.82, 2.24) is 15.0 Å². The fourth-order valence-electron chi connectivity index (χ4n) is 1.96. The van der Waals surface area contributed by atoms with Crippen molar-refractivity contribution in [1.29, 1.82) is 0 Å².